The first-order valence-electron chi connectivity index (χ1n) is 6.75. The fraction of sp³-hybridized carbons (Fsp3) is 0.533. The minimum absolute atomic E-state index is 0.0441. The van der Waals surface area contributed by atoms with E-state index in [1.165, 1.54) is 0 Å². The van der Waals surface area contributed by atoms with Crippen LogP contribution in [-0.2, 0) is 11.3 Å². The number of aryl methyl sites for hydroxylation is 2. The molecule has 1 aliphatic heterocycles. The van der Waals surface area contributed by atoms with Gasteiger partial charge in [0.1, 0.15) is 5.82 Å². The quantitative estimate of drug-likeness (QED) is 0.877. The molecule has 0 radical (unpaired) electrons. The minimum Gasteiger partial charge on any atom is -0.352 e. The summed E-state index contributed by atoms with van der Waals surface area (Å²) in [7, 11) is 0. The topological polar surface area (TPSA) is 41.1 Å². The fourth-order valence-electron chi connectivity index (χ4n) is 2.67. The molecule has 104 valence electrons. The summed E-state index contributed by atoms with van der Waals surface area (Å²) in [5.41, 5.74) is 2.20. The van der Waals surface area contributed by atoms with Gasteiger partial charge in [0, 0.05) is 12.6 Å². The average molecular weight is 264 g/mol. The van der Waals surface area contributed by atoms with Gasteiger partial charge in [0.25, 0.3) is 0 Å². The Morgan fingerprint density at radius 1 is 1.42 bits per heavy atom. The lowest BCUT2D eigenvalue weighted by Gasteiger charge is -2.15. The lowest BCUT2D eigenvalue weighted by Crippen LogP contribution is -2.36. The summed E-state index contributed by atoms with van der Waals surface area (Å²) in [4.78, 5) is 12.0. The zero-order valence-electron chi connectivity index (χ0n) is 11.7. The molecule has 0 bridgehead atoms. The Labute approximate surface area is 113 Å². The van der Waals surface area contributed by atoms with Gasteiger partial charge in [-0.3, -0.25) is 4.79 Å². The van der Waals surface area contributed by atoms with Crippen LogP contribution in [0.2, 0.25) is 0 Å². The molecule has 0 spiro atoms. The van der Waals surface area contributed by atoms with Crippen molar-refractivity contribution in [1.82, 2.24) is 10.6 Å². The molecule has 2 unspecified atom stereocenters. The third kappa shape index (κ3) is 3.13. The van der Waals surface area contributed by atoms with Crippen molar-refractivity contribution in [3.8, 4) is 0 Å². The number of amides is 1. The summed E-state index contributed by atoms with van der Waals surface area (Å²) in [5.74, 6) is -0.0385. The molecule has 1 aliphatic rings. The Morgan fingerprint density at radius 2 is 2.05 bits per heavy atom. The van der Waals surface area contributed by atoms with Gasteiger partial charge in [0.2, 0.25) is 5.91 Å². The summed E-state index contributed by atoms with van der Waals surface area (Å²) in [6.07, 6.45) is 0.883. The third-order valence-corrected chi connectivity index (χ3v) is 3.82. The van der Waals surface area contributed by atoms with Gasteiger partial charge >= 0.3 is 0 Å². The molecular formula is C15H21FN2O. The molecule has 0 saturated carbocycles. The zero-order chi connectivity index (χ0) is 14.0. The molecule has 1 fully saturated rings. The van der Waals surface area contributed by atoms with Gasteiger partial charge in [-0.1, -0.05) is 12.1 Å². The van der Waals surface area contributed by atoms with Crippen molar-refractivity contribution in [3.63, 3.8) is 0 Å². The first-order valence-corrected chi connectivity index (χ1v) is 6.75. The van der Waals surface area contributed by atoms with Crippen molar-refractivity contribution >= 4 is 5.91 Å². The van der Waals surface area contributed by atoms with E-state index < -0.39 is 0 Å². The highest BCUT2D eigenvalue weighted by Gasteiger charge is 2.28. The number of rotatable bonds is 3. The first kappa shape index (κ1) is 14.0. The summed E-state index contributed by atoms with van der Waals surface area (Å²) in [6, 6.07) is 3.81. The van der Waals surface area contributed by atoms with Crippen LogP contribution in [0.15, 0.2) is 12.1 Å². The smallest absolute Gasteiger partial charge is 0.224 e. The van der Waals surface area contributed by atoms with Gasteiger partial charge in [0.05, 0.1) is 5.92 Å². The highest BCUT2D eigenvalue weighted by molar-refractivity contribution is 5.79. The van der Waals surface area contributed by atoms with Crippen LogP contribution in [-0.4, -0.2) is 18.5 Å². The van der Waals surface area contributed by atoms with Crippen molar-refractivity contribution in [1.29, 1.82) is 0 Å². The van der Waals surface area contributed by atoms with Crippen LogP contribution in [0.3, 0.4) is 0 Å². The molecule has 1 aromatic carbocycles. The summed E-state index contributed by atoms with van der Waals surface area (Å²) < 4.78 is 13.5. The van der Waals surface area contributed by atoms with Crippen LogP contribution in [0.1, 0.15) is 30.0 Å². The van der Waals surface area contributed by atoms with E-state index in [9.17, 15) is 9.18 Å². The standard InChI is InChI=1S/C15H21FN2O/c1-9-6-12(7-10(2)14(9)16)8-18-15(19)13-4-5-17-11(13)3/h6-7,11,13,17H,4-5,8H2,1-3H3,(H,18,19). The number of hydrogen-bond acceptors (Lipinski definition) is 2. The molecule has 3 nitrogen and oxygen atoms in total. The van der Waals surface area contributed by atoms with Crippen LogP contribution < -0.4 is 10.6 Å². The van der Waals surface area contributed by atoms with Gasteiger partial charge < -0.3 is 10.6 Å². The Hall–Kier alpha value is -1.42. The normalized spacial score (nSPS) is 22.5. The van der Waals surface area contributed by atoms with Crippen molar-refractivity contribution < 1.29 is 9.18 Å². The molecule has 2 atom stereocenters. The highest BCUT2D eigenvalue weighted by Crippen LogP contribution is 2.17. The SMILES string of the molecule is Cc1cc(CNC(=O)C2CCNC2C)cc(C)c1F. The van der Waals surface area contributed by atoms with Gasteiger partial charge in [-0.2, -0.15) is 0 Å². The number of carbonyl (C=O) groups excluding carboxylic acids is 1. The van der Waals surface area contributed by atoms with E-state index in [-0.39, 0.29) is 23.7 Å². The molecule has 1 heterocycles. The maximum Gasteiger partial charge on any atom is 0.224 e. The lowest BCUT2D eigenvalue weighted by molar-refractivity contribution is -0.125. The van der Waals surface area contributed by atoms with Crippen molar-refractivity contribution in [3.05, 3.63) is 34.6 Å². The fourth-order valence-corrected chi connectivity index (χ4v) is 2.67. The molecular weight excluding hydrogens is 243 g/mol. The predicted molar refractivity (Wildman–Crippen MR) is 73.3 cm³/mol. The zero-order valence-corrected chi connectivity index (χ0v) is 11.7. The Balaban J connectivity index is 1.97. The average Bonchev–Trinajstić information content (AvgIpc) is 2.79. The van der Waals surface area contributed by atoms with Gasteiger partial charge in [0.15, 0.2) is 0 Å². The molecule has 2 rings (SSSR count). The van der Waals surface area contributed by atoms with Gasteiger partial charge in [-0.25, -0.2) is 4.39 Å². The summed E-state index contributed by atoms with van der Waals surface area (Å²) in [6.45, 7) is 6.88. The maximum atomic E-state index is 13.5. The molecule has 0 aromatic heterocycles. The number of nitrogens with one attached hydrogen (secondary N) is 2. The number of benzene rings is 1. The Morgan fingerprint density at radius 3 is 2.58 bits per heavy atom. The van der Waals surface area contributed by atoms with Crippen LogP contribution in [0.25, 0.3) is 0 Å². The van der Waals surface area contributed by atoms with E-state index in [4.69, 9.17) is 0 Å². The second kappa shape index (κ2) is 5.70. The highest BCUT2D eigenvalue weighted by atomic mass is 19.1. The van der Waals surface area contributed by atoms with Crippen LogP contribution in [0, 0.1) is 25.6 Å². The van der Waals surface area contributed by atoms with E-state index in [0.29, 0.717) is 17.7 Å². The predicted octanol–water partition coefficient (Wildman–Crippen LogP) is 2.06. The number of carbonyl (C=O) groups is 1. The van der Waals surface area contributed by atoms with Crippen molar-refractivity contribution in [2.75, 3.05) is 6.54 Å². The van der Waals surface area contributed by atoms with Gasteiger partial charge in [-0.15, -0.1) is 0 Å². The molecule has 1 aromatic rings. The summed E-state index contributed by atoms with van der Waals surface area (Å²) in [5, 5.41) is 6.21. The molecule has 4 heteroatoms. The van der Waals surface area contributed by atoms with E-state index in [2.05, 4.69) is 10.6 Å². The molecule has 0 aliphatic carbocycles. The van der Waals surface area contributed by atoms with E-state index in [1.54, 1.807) is 26.0 Å². The largest absolute Gasteiger partial charge is 0.352 e. The number of hydrogen-bond donors (Lipinski definition) is 2. The minimum atomic E-state index is -0.163. The van der Waals surface area contributed by atoms with Crippen LogP contribution in [0.4, 0.5) is 4.39 Å². The van der Waals surface area contributed by atoms with Gasteiger partial charge in [-0.05, 0) is 50.4 Å². The molecule has 1 amide bonds. The van der Waals surface area contributed by atoms with Crippen molar-refractivity contribution in [2.24, 2.45) is 5.92 Å². The summed E-state index contributed by atoms with van der Waals surface area (Å²) >= 11 is 0. The Bertz CT molecular complexity index is 464. The third-order valence-electron chi connectivity index (χ3n) is 3.82. The second-order valence-electron chi connectivity index (χ2n) is 5.40. The maximum absolute atomic E-state index is 13.5. The lowest BCUT2D eigenvalue weighted by atomic mass is 10.0. The number of halogens is 1. The first-order chi connectivity index (χ1) is 8.99. The van der Waals surface area contributed by atoms with E-state index in [0.717, 1.165) is 18.5 Å². The molecule has 19 heavy (non-hydrogen) atoms. The molecule has 1 saturated heterocycles. The van der Waals surface area contributed by atoms with Crippen molar-refractivity contribution in [2.45, 2.75) is 39.8 Å². The Kier molecular flexibility index (Phi) is 4.20. The van der Waals surface area contributed by atoms with Crippen LogP contribution >= 0.6 is 0 Å². The second-order valence-corrected chi connectivity index (χ2v) is 5.40. The molecule has 2 N–H and O–H groups in total. The van der Waals surface area contributed by atoms with E-state index in [1.807, 2.05) is 6.92 Å². The monoisotopic (exact) mass is 264 g/mol. The van der Waals surface area contributed by atoms with E-state index >= 15 is 0 Å². The van der Waals surface area contributed by atoms with Crippen LogP contribution in [0.5, 0.6) is 0 Å².